The van der Waals surface area contributed by atoms with E-state index >= 15 is 0 Å². The van der Waals surface area contributed by atoms with Crippen LogP contribution in [0.25, 0.3) is 11.0 Å². The highest BCUT2D eigenvalue weighted by Gasteiger charge is 2.35. The number of thioether (sulfide) groups is 1. The van der Waals surface area contributed by atoms with E-state index in [1.807, 2.05) is 37.3 Å². The Morgan fingerprint density at radius 3 is 2.52 bits per heavy atom. The molecule has 0 N–H and O–H groups in total. The zero-order valence-electron chi connectivity index (χ0n) is 22.3. The molecule has 40 heavy (non-hydrogen) atoms. The van der Waals surface area contributed by atoms with Gasteiger partial charge in [0.1, 0.15) is 36.1 Å². The van der Waals surface area contributed by atoms with Gasteiger partial charge in [-0.2, -0.15) is 0 Å². The molecule has 2 fully saturated rings. The number of nitrogens with zero attached hydrogens (tertiary/aromatic N) is 2. The smallest absolute Gasteiger partial charge is 0.298 e. The summed E-state index contributed by atoms with van der Waals surface area (Å²) in [6, 6.07) is 23.5. The molecular formula is C32H30N2O5S. The van der Waals surface area contributed by atoms with Crippen LogP contribution in [0.3, 0.4) is 0 Å². The van der Waals surface area contributed by atoms with E-state index in [0.717, 1.165) is 70.6 Å². The second-order valence-corrected chi connectivity index (χ2v) is 11.1. The molecule has 7 nitrogen and oxygen atoms in total. The van der Waals surface area contributed by atoms with Gasteiger partial charge >= 0.3 is 0 Å². The summed E-state index contributed by atoms with van der Waals surface area (Å²) < 4.78 is 18.3. The van der Waals surface area contributed by atoms with Crippen molar-refractivity contribution in [2.75, 3.05) is 18.1 Å². The summed E-state index contributed by atoms with van der Waals surface area (Å²) in [6.07, 6.45) is 2.16. The van der Waals surface area contributed by atoms with Gasteiger partial charge in [0.2, 0.25) is 0 Å². The largest absolute Gasteiger partial charge is 0.492 e. The van der Waals surface area contributed by atoms with Crippen molar-refractivity contribution in [1.82, 2.24) is 4.90 Å². The van der Waals surface area contributed by atoms with Crippen LogP contribution in [0.4, 0.5) is 10.5 Å². The van der Waals surface area contributed by atoms with Gasteiger partial charge in [0.25, 0.3) is 11.1 Å². The first-order valence-electron chi connectivity index (χ1n) is 13.4. The van der Waals surface area contributed by atoms with E-state index in [2.05, 4.69) is 29.7 Å². The van der Waals surface area contributed by atoms with Gasteiger partial charge in [-0.05, 0) is 86.1 Å². The highest BCUT2D eigenvalue weighted by atomic mass is 32.2. The molecule has 8 heteroatoms. The predicted molar refractivity (Wildman–Crippen MR) is 157 cm³/mol. The Kier molecular flexibility index (Phi) is 7.36. The first-order chi connectivity index (χ1) is 19.5. The summed E-state index contributed by atoms with van der Waals surface area (Å²) >= 11 is 0.860. The van der Waals surface area contributed by atoms with E-state index in [9.17, 15) is 9.59 Å². The second-order valence-electron chi connectivity index (χ2n) is 10.1. The van der Waals surface area contributed by atoms with Crippen LogP contribution in [0.2, 0.25) is 0 Å². The third kappa shape index (κ3) is 5.37. The molecule has 0 spiro atoms. The molecule has 0 radical (unpaired) electrons. The lowest BCUT2D eigenvalue weighted by Gasteiger charge is -2.24. The quantitative estimate of drug-likeness (QED) is 0.205. The van der Waals surface area contributed by atoms with E-state index in [-0.39, 0.29) is 22.1 Å². The maximum atomic E-state index is 12.2. The van der Waals surface area contributed by atoms with Crippen molar-refractivity contribution < 1.29 is 23.5 Å². The number of rotatable bonds is 9. The first kappa shape index (κ1) is 26.2. The van der Waals surface area contributed by atoms with Crippen LogP contribution in [-0.2, 0) is 17.9 Å². The van der Waals surface area contributed by atoms with E-state index < -0.39 is 0 Å². The van der Waals surface area contributed by atoms with Crippen LogP contribution in [-0.4, -0.2) is 35.2 Å². The number of imide groups is 1. The minimum Gasteiger partial charge on any atom is -0.492 e. The predicted octanol–water partition coefficient (Wildman–Crippen LogP) is 7.08. The molecule has 2 saturated heterocycles. The third-order valence-electron chi connectivity index (χ3n) is 7.44. The van der Waals surface area contributed by atoms with Gasteiger partial charge in [-0.1, -0.05) is 36.9 Å². The number of aryl methyl sites for hydroxylation is 1. The number of anilines is 1. The summed E-state index contributed by atoms with van der Waals surface area (Å²) in [5.74, 6) is 2.07. The van der Waals surface area contributed by atoms with Crippen LogP contribution in [0, 0.1) is 6.92 Å². The maximum Gasteiger partial charge on any atom is 0.298 e. The Bertz CT molecular complexity index is 1560. The molecule has 3 heterocycles. The fraction of sp³-hybridized carbons (Fsp3) is 0.250. The number of hydrogen-bond donors (Lipinski definition) is 0. The van der Waals surface area contributed by atoms with Crippen molar-refractivity contribution in [3.05, 3.63) is 101 Å². The molecule has 1 aromatic heterocycles. The lowest BCUT2D eigenvalue weighted by molar-refractivity contribution is -0.113. The average molecular weight is 555 g/mol. The average Bonchev–Trinajstić information content (AvgIpc) is 3.62. The summed E-state index contributed by atoms with van der Waals surface area (Å²) in [6.45, 7) is 8.49. The third-order valence-corrected chi connectivity index (χ3v) is 8.22. The minimum atomic E-state index is -0.373. The Morgan fingerprint density at radius 2 is 1.77 bits per heavy atom. The van der Waals surface area contributed by atoms with Gasteiger partial charge in [-0.25, -0.2) is 4.90 Å². The molecule has 0 saturated carbocycles. The Balaban J connectivity index is 1.10. The van der Waals surface area contributed by atoms with E-state index in [0.29, 0.717) is 24.7 Å². The molecule has 3 aromatic carbocycles. The second kappa shape index (κ2) is 11.2. The molecule has 4 aromatic rings. The van der Waals surface area contributed by atoms with Gasteiger partial charge in [0.05, 0.1) is 10.6 Å². The number of furan rings is 1. The SMILES string of the molecule is C=C1SC(=O)N(c2ccc(OC[C@@H]3CCCN3Cc3c(C)oc4ccc(OCc5ccccc5)cc34)cc2)C1=O. The van der Waals surface area contributed by atoms with Gasteiger partial charge in [0, 0.05) is 23.5 Å². The zero-order chi connectivity index (χ0) is 27.6. The van der Waals surface area contributed by atoms with Crippen molar-refractivity contribution in [1.29, 1.82) is 0 Å². The molecule has 2 amide bonds. The van der Waals surface area contributed by atoms with Crippen LogP contribution < -0.4 is 14.4 Å². The molecule has 2 aliphatic rings. The van der Waals surface area contributed by atoms with Crippen LogP contribution in [0.1, 0.15) is 29.7 Å². The van der Waals surface area contributed by atoms with Crippen molar-refractivity contribution in [3.63, 3.8) is 0 Å². The number of benzene rings is 3. The fourth-order valence-corrected chi connectivity index (χ4v) is 5.95. The van der Waals surface area contributed by atoms with Crippen LogP contribution in [0.15, 0.2) is 88.7 Å². The summed E-state index contributed by atoms with van der Waals surface area (Å²) in [4.78, 5) is 28.2. The highest BCUT2D eigenvalue weighted by molar-refractivity contribution is 8.18. The lowest BCUT2D eigenvalue weighted by Crippen LogP contribution is -2.33. The van der Waals surface area contributed by atoms with Crippen molar-refractivity contribution in [2.45, 2.75) is 39.0 Å². The zero-order valence-corrected chi connectivity index (χ0v) is 23.1. The minimum absolute atomic E-state index is 0.239. The van der Waals surface area contributed by atoms with E-state index in [4.69, 9.17) is 13.9 Å². The van der Waals surface area contributed by atoms with Crippen molar-refractivity contribution >= 4 is 39.6 Å². The Labute approximate surface area is 237 Å². The lowest BCUT2D eigenvalue weighted by atomic mass is 10.1. The first-order valence-corrected chi connectivity index (χ1v) is 14.2. The normalized spacial score (nSPS) is 17.8. The number of fused-ring (bicyclic) bond motifs is 1. The number of hydrogen-bond acceptors (Lipinski definition) is 7. The molecular weight excluding hydrogens is 524 g/mol. The van der Waals surface area contributed by atoms with Gasteiger partial charge in [-0.15, -0.1) is 0 Å². The molecule has 0 unspecified atom stereocenters. The molecule has 0 aliphatic carbocycles. The molecule has 204 valence electrons. The van der Waals surface area contributed by atoms with Crippen molar-refractivity contribution in [2.24, 2.45) is 0 Å². The molecule has 6 rings (SSSR count). The summed E-state index contributed by atoms with van der Waals surface area (Å²) in [5.41, 5.74) is 3.69. The number of carbonyl (C=O) groups is 2. The number of ether oxygens (including phenoxy) is 2. The van der Waals surface area contributed by atoms with Gasteiger partial charge < -0.3 is 13.9 Å². The van der Waals surface area contributed by atoms with E-state index in [1.165, 1.54) is 5.56 Å². The fourth-order valence-electron chi connectivity index (χ4n) is 5.28. The number of likely N-dealkylation sites (tertiary alicyclic amines) is 1. The van der Waals surface area contributed by atoms with Crippen molar-refractivity contribution in [3.8, 4) is 11.5 Å². The van der Waals surface area contributed by atoms with Crippen LogP contribution in [0.5, 0.6) is 11.5 Å². The maximum absolute atomic E-state index is 12.2. The summed E-state index contributed by atoms with van der Waals surface area (Å²) in [5, 5.41) is 0.749. The monoisotopic (exact) mass is 554 g/mol. The standard InChI is InChI=1S/C32H30N2O5S/c1-21-29(28-17-27(14-15-30(28)39-21)37-19-23-7-4-3-5-8-23)18-33-16-6-9-25(33)20-38-26-12-10-24(11-13-26)34-31(35)22(2)40-32(34)36/h3-5,7-8,10-15,17,25H,2,6,9,16,18-20H2,1H3/t25-/m0/s1. The van der Waals surface area contributed by atoms with Crippen LogP contribution >= 0.6 is 11.8 Å². The topological polar surface area (TPSA) is 72.2 Å². The van der Waals surface area contributed by atoms with Gasteiger partial charge in [-0.3, -0.25) is 14.5 Å². The number of carbonyl (C=O) groups excluding carboxylic acids is 2. The molecule has 1 atom stereocenters. The Hall–Kier alpha value is -4.01. The van der Waals surface area contributed by atoms with Gasteiger partial charge in [0.15, 0.2) is 0 Å². The highest BCUT2D eigenvalue weighted by Crippen LogP contribution is 2.35. The molecule has 0 bridgehead atoms. The number of amides is 2. The molecule has 2 aliphatic heterocycles. The Morgan fingerprint density at radius 1 is 1.00 bits per heavy atom. The summed E-state index contributed by atoms with van der Waals surface area (Å²) in [7, 11) is 0. The van der Waals surface area contributed by atoms with E-state index in [1.54, 1.807) is 24.3 Å².